The van der Waals surface area contributed by atoms with Gasteiger partial charge in [-0.25, -0.2) is 13.8 Å². The fourth-order valence-corrected chi connectivity index (χ4v) is 3.21. The van der Waals surface area contributed by atoms with Crippen molar-refractivity contribution in [2.45, 2.75) is 0 Å². The number of carbonyl (C=O) groups is 2. The van der Waals surface area contributed by atoms with Gasteiger partial charge in [0.2, 0.25) is 0 Å². The average molecular weight is 295 g/mol. The highest BCUT2D eigenvalue weighted by molar-refractivity contribution is 7.92. The van der Waals surface area contributed by atoms with Crippen molar-refractivity contribution in [2.24, 2.45) is 0 Å². The normalized spacial score (nSPS) is 17.4. The molecule has 2 aromatic rings. The van der Waals surface area contributed by atoms with Crippen LogP contribution >= 0.6 is 0 Å². The van der Waals surface area contributed by atoms with Crippen molar-refractivity contribution in [3.63, 3.8) is 0 Å². The van der Waals surface area contributed by atoms with E-state index in [1.807, 2.05) is 4.72 Å². The second kappa shape index (κ2) is 3.97. The molecule has 0 radical (unpaired) electrons. The lowest BCUT2D eigenvalue weighted by atomic mass is 10.2. The van der Waals surface area contributed by atoms with E-state index in [1.54, 1.807) is 6.07 Å². The molecular weight excluding hydrogens is 286 g/mol. The summed E-state index contributed by atoms with van der Waals surface area (Å²) >= 11 is 0. The van der Waals surface area contributed by atoms with Gasteiger partial charge in [-0.2, -0.15) is 8.42 Å². The standard InChI is InChI=1S/C11H9N3O5S/c15-10-5-14(20(18,19)13-10)7-1-2-8-6(3-7)4-9(12-8)11(16)17/h1-4,12H,5H2,(H,13,15)(H,16,17). The molecule has 1 aromatic heterocycles. The fourth-order valence-electron chi connectivity index (χ4n) is 2.07. The minimum absolute atomic E-state index is 0.00984. The van der Waals surface area contributed by atoms with E-state index in [1.165, 1.54) is 18.2 Å². The summed E-state index contributed by atoms with van der Waals surface area (Å²) in [5.74, 6) is -1.71. The van der Waals surface area contributed by atoms with E-state index in [0.717, 1.165) is 4.31 Å². The molecule has 1 aliphatic rings. The lowest BCUT2D eigenvalue weighted by Crippen LogP contribution is -2.29. The number of nitrogens with zero attached hydrogens (tertiary/aromatic N) is 1. The van der Waals surface area contributed by atoms with Crippen LogP contribution in [-0.2, 0) is 15.0 Å². The van der Waals surface area contributed by atoms with E-state index in [4.69, 9.17) is 5.11 Å². The Labute approximate surface area is 113 Å². The average Bonchev–Trinajstić information content (AvgIpc) is 2.88. The van der Waals surface area contributed by atoms with Gasteiger partial charge >= 0.3 is 16.2 Å². The molecule has 1 fully saturated rings. The van der Waals surface area contributed by atoms with Crippen LogP contribution in [0.5, 0.6) is 0 Å². The van der Waals surface area contributed by atoms with E-state index in [9.17, 15) is 18.0 Å². The quantitative estimate of drug-likeness (QED) is 0.723. The number of aromatic carboxylic acids is 1. The Morgan fingerprint density at radius 2 is 2.05 bits per heavy atom. The molecule has 2 heterocycles. The zero-order chi connectivity index (χ0) is 14.5. The first-order valence-electron chi connectivity index (χ1n) is 5.56. The zero-order valence-electron chi connectivity index (χ0n) is 9.95. The molecule has 0 unspecified atom stereocenters. The van der Waals surface area contributed by atoms with Gasteiger partial charge in [-0.15, -0.1) is 0 Å². The monoisotopic (exact) mass is 295 g/mol. The summed E-state index contributed by atoms with van der Waals surface area (Å²) in [5.41, 5.74) is 0.879. The van der Waals surface area contributed by atoms with E-state index < -0.39 is 22.1 Å². The van der Waals surface area contributed by atoms with Crippen LogP contribution in [0.3, 0.4) is 0 Å². The summed E-state index contributed by atoms with van der Waals surface area (Å²) in [6.07, 6.45) is 0. The molecule has 1 aliphatic heterocycles. The fraction of sp³-hybridized carbons (Fsp3) is 0.0909. The first-order chi connectivity index (χ1) is 9.37. The van der Waals surface area contributed by atoms with Crippen molar-refractivity contribution in [3.05, 3.63) is 30.0 Å². The molecule has 20 heavy (non-hydrogen) atoms. The zero-order valence-corrected chi connectivity index (χ0v) is 10.8. The number of fused-ring (bicyclic) bond motifs is 1. The number of H-pyrrole nitrogens is 1. The van der Waals surface area contributed by atoms with Gasteiger partial charge in [-0.3, -0.25) is 4.79 Å². The van der Waals surface area contributed by atoms with Crippen molar-refractivity contribution in [2.75, 3.05) is 10.8 Å². The summed E-state index contributed by atoms with van der Waals surface area (Å²) in [5, 5.41) is 9.44. The van der Waals surface area contributed by atoms with Gasteiger partial charge in [0.25, 0.3) is 5.91 Å². The van der Waals surface area contributed by atoms with Crippen molar-refractivity contribution < 1.29 is 23.1 Å². The molecule has 1 amide bonds. The molecule has 0 spiro atoms. The first kappa shape index (κ1) is 12.5. The number of aromatic nitrogens is 1. The van der Waals surface area contributed by atoms with Crippen molar-refractivity contribution in [1.82, 2.24) is 9.71 Å². The summed E-state index contributed by atoms with van der Waals surface area (Å²) in [6, 6.07) is 5.98. The minimum atomic E-state index is -3.86. The highest BCUT2D eigenvalue weighted by atomic mass is 32.2. The second-order valence-electron chi connectivity index (χ2n) is 4.30. The van der Waals surface area contributed by atoms with Crippen LogP contribution in [0.4, 0.5) is 5.69 Å². The lowest BCUT2D eigenvalue weighted by Gasteiger charge is -2.14. The maximum atomic E-state index is 11.7. The van der Waals surface area contributed by atoms with Crippen molar-refractivity contribution in [3.8, 4) is 0 Å². The number of hydrogen-bond donors (Lipinski definition) is 3. The van der Waals surface area contributed by atoms with Crippen LogP contribution in [0.25, 0.3) is 10.9 Å². The number of anilines is 1. The maximum absolute atomic E-state index is 11.7. The molecule has 1 aromatic carbocycles. The van der Waals surface area contributed by atoms with E-state index in [-0.39, 0.29) is 12.2 Å². The Balaban J connectivity index is 2.09. The number of benzene rings is 1. The largest absolute Gasteiger partial charge is 0.477 e. The summed E-state index contributed by atoms with van der Waals surface area (Å²) in [6.45, 7) is -0.288. The molecule has 3 rings (SSSR count). The van der Waals surface area contributed by atoms with Gasteiger partial charge in [0.05, 0.1) is 5.69 Å². The number of carbonyl (C=O) groups excluding carboxylic acids is 1. The van der Waals surface area contributed by atoms with Crippen LogP contribution in [0.1, 0.15) is 10.5 Å². The van der Waals surface area contributed by atoms with Crippen LogP contribution in [-0.4, -0.2) is 36.9 Å². The molecule has 8 nitrogen and oxygen atoms in total. The topological polar surface area (TPSA) is 120 Å². The molecule has 1 saturated heterocycles. The molecule has 104 valence electrons. The first-order valence-corrected chi connectivity index (χ1v) is 7.00. The van der Waals surface area contributed by atoms with Gasteiger partial charge < -0.3 is 10.1 Å². The Bertz CT molecular complexity index is 839. The van der Waals surface area contributed by atoms with Crippen LogP contribution in [0, 0.1) is 0 Å². The van der Waals surface area contributed by atoms with Gasteiger partial charge in [0.15, 0.2) is 0 Å². The molecule has 0 aliphatic carbocycles. The van der Waals surface area contributed by atoms with E-state index in [2.05, 4.69) is 4.98 Å². The minimum Gasteiger partial charge on any atom is -0.477 e. The van der Waals surface area contributed by atoms with Crippen molar-refractivity contribution in [1.29, 1.82) is 0 Å². The predicted octanol–water partition coefficient (Wildman–Crippen LogP) is 0.0471. The molecule has 0 bridgehead atoms. The summed E-state index contributed by atoms with van der Waals surface area (Å²) in [4.78, 5) is 24.7. The van der Waals surface area contributed by atoms with Crippen LogP contribution in [0.15, 0.2) is 24.3 Å². The van der Waals surface area contributed by atoms with Gasteiger partial charge in [-0.05, 0) is 24.3 Å². The van der Waals surface area contributed by atoms with Crippen LogP contribution in [0.2, 0.25) is 0 Å². The third kappa shape index (κ3) is 1.88. The Morgan fingerprint density at radius 3 is 2.65 bits per heavy atom. The number of carboxylic acids is 1. The van der Waals surface area contributed by atoms with Crippen LogP contribution < -0.4 is 9.03 Å². The third-order valence-corrected chi connectivity index (χ3v) is 4.35. The highest BCUT2D eigenvalue weighted by Crippen LogP contribution is 2.25. The lowest BCUT2D eigenvalue weighted by molar-refractivity contribution is -0.117. The maximum Gasteiger partial charge on any atom is 0.352 e. The van der Waals surface area contributed by atoms with Crippen molar-refractivity contribution >= 4 is 38.7 Å². The number of hydrogen-bond acceptors (Lipinski definition) is 4. The molecule has 0 saturated carbocycles. The molecular formula is C11H9N3O5S. The number of carboxylic acid groups (broad SMARTS) is 1. The summed E-state index contributed by atoms with van der Waals surface area (Å²) in [7, 11) is -3.86. The molecule has 0 atom stereocenters. The smallest absolute Gasteiger partial charge is 0.352 e. The van der Waals surface area contributed by atoms with E-state index in [0.29, 0.717) is 16.6 Å². The Hall–Kier alpha value is -2.55. The SMILES string of the molecule is O=C1CN(c2ccc3[nH]c(C(=O)O)cc3c2)S(=O)(=O)N1. The second-order valence-corrected chi connectivity index (χ2v) is 5.89. The third-order valence-electron chi connectivity index (χ3n) is 2.94. The number of amides is 1. The van der Waals surface area contributed by atoms with E-state index >= 15 is 0 Å². The van der Waals surface area contributed by atoms with Gasteiger partial charge in [0.1, 0.15) is 12.2 Å². The van der Waals surface area contributed by atoms with Gasteiger partial charge in [-0.1, -0.05) is 0 Å². The number of aromatic amines is 1. The van der Waals surface area contributed by atoms with Gasteiger partial charge in [0, 0.05) is 10.9 Å². The highest BCUT2D eigenvalue weighted by Gasteiger charge is 2.34. The Kier molecular flexibility index (Phi) is 2.48. The predicted molar refractivity (Wildman–Crippen MR) is 69.7 cm³/mol. The summed E-state index contributed by atoms with van der Waals surface area (Å²) < 4.78 is 26.2. The molecule has 3 N–H and O–H groups in total. The molecule has 9 heteroatoms. The Morgan fingerprint density at radius 1 is 1.30 bits per heavy atom. The number of nitrogens with one attached hydrogen (secondary N) is 2. The number of rotatable bonds is 2.